The number of aromatic nitrogens is 2. The number of methoxy groups -OCH3 is 1. The predicted octanol–water partition coefficient (Wildman–Crippen LogP) is 2.44. The van der Waals surface area contributed by atoms with Gasteiger partial charge in [0.1, 0.15) is 11.6 Å². The highest BCUT2D eigenvalue weighted by atomic mass is 16.5. The van der Waals surface area contributed by atoms with Gasteiger partial charge in [-0.15, -0.1) is 0 Å². The molecule has 0 amide bonds. The number of nitrogens with zero attached hydrogens (tertiary/aromatic N) is 3. The molecule has 1 aliphatic heterocycles. The van der Waals surface area contributed by atoms with E-state index in [9.17, 15) is 0 Å². The third-order valence-electron chi connectivity index (χ3n) is 5.12. The lowest BCUT2D eigenvalue weighted by Crippen LogP contribution is -2.52. The van der Waals surface area contributed by atoms with Gasteiger partial charge in [0.15, 0.2) is 0 Å². The predicted molar refractivity (Wildman–Crippen MR) is 91.8 cm³/mol. The van der Waals surface area contributed by atoms with Gasteiger partial charge in [0, 0.05) is 42.6 Å². The molecule has 1 spiro atoms. The fourth-order valence-electron chi connectivity index (χ4n) is 3.62. The Hall–Kier alpha value is -2.01. The summed E-state index contributed by atoms with van der Waals surface area (Å²) in [5.74, 6) is 1.82. The summed E-state index contributed by atoms with van der Waals surface area (Å²) >= 11 is 0. The third kappa shape index (κ3) is 2.49. The summed E-state index contributed by atoms with van der Waals surface area (Å²) in [6.45, 7) is 7.28. The van der Waals surface area contributed by atoms with Crippen LogP contribution in [0.2, 0.25) is 0 Å². The molecule has 1 saturated heterocycles. The smallest absolute Gasteiger partial charge is 0.147 e. The molecule has 0 unspecified atom stereocenters. The maximum atomic E-state index is 5.69. The minimum atomic E-state index is 0.343. The van der Waals surface area contributed by atoms with Crippen LogP contribution in [-0.4, -0.2) is 41.8 Å². The van der Waals surface area contributed by atoms with Crippen LogP contribution >= 0.6 is 0 Å². The Bertz CT molecular complexity index is 713. The van der Waals surface area contributed by atoms with Gasteiger partial charge in [-0.3, -0.25) is 0 Å². The summed E-state index contributed by atoms with van der Waals surface area (Å²) in [5, 5.41) is 3.65. The molecule has 1 aliphatic carbocycles. The molecule has 5 nitrogen and oxygen atoms in total. The highest BCUT2D eigenvalue weighted by Gasteiger charge is 2.45. The van der Waals surface area contributed by atoms with Crippen molar-refractivity contribution in [2.24, 2.45) is 0 Å². The summed E-state index contributed by atoms with van der Waals surface area (Å²) in [6.07, 6.45) is 4.52. The first-order chi connectivity index (χ1) is 11.1. The maximum Gasteiger partial charge on any atom is 0.147 e. The molecular weight excluding hydrogens is 288 g/mol. The second-order valence-corrected chi connectivity index (χ2v) is 6.79. The van der Waals surface area contributed by atoms with Crippen molar-refractivity contribution in [3.05, 3.63) is 35.8 Å². The van der Waals surface area contributed by atoms with Crippen molar-refractivity contribution in [1.82, 2.24) is 14.9 Å². The van der Waals surface area contributed by atoms with E-state index in [2.05, 4.69) is 46.8 Å². The highest BCUT2D eigenvalue weighted by Crippen LogP contribution is 2.40. The van der Waals surface area contributed by atoms with E-state index in [0.29, 0.717) is 5.54 Å². The topological polar surface area (TPSA) is 42.3 Å². The number of rotatable bonds is 3. The molecule has 0 aromatic carbocycles. The zero-order chi connectivity index (χ0) is 16.0. The van der Waals surface area contributed by atoms with Gasteiger partial charge >= 0.3 is 0 Å². The second-order valence-electron chi connectivity index (χ2n) is 6.79. The van der Waals surface area contributed by atoms with Gasteiger partial charge < -0.3 is 19.5 Å². The number of hydrogen-bond acceptors (Lipinski definition) is 4. The van der Waals surface area contributed by atoms with Crippen LogP contribution in [0, 0.1) is 13.8 Å². The molecule has 4 rings (SSSR count). The zero-order valence-corrected chi connectivity index (χ0v) is 14.1. The molecule has 2 aliphatic rings. The molecule has 2 aromatic rings. The van der Waals surface area contributed by atoms with E-state index in [1.54, 1.807) is 7.11 Å². The van der Waals surface area contributed by atoms with Crippen LogP contribution in [0.25, 0.3) is 5.82 Å². The molecule has 122 valence electrons. The number of nitrogens with one attached hydrogen (secondary N) is 1. The fourth-order valence-corrected chi connectivity index (χ4v) is 3.62. The Kier molecular flexibility index (Phi) is 3.34. The van der Waals surface area contributed by atoms with E-state index >= 15 is 0 Å². The number of hydrogen-bond donors (Lipinski definition) is 1. The lowest BCUT2D eigenvalue weighted by Gasteiger charge is -2.36. The van der Waals surface area contributed by atoms with E-state index in [0.717, 1.165) is 36.9 Å². The monoisotopic (exact) mass is 312 g/mol. The molecule has 2 aromatic heterocycles. The van der Waals surface area contributed by atoms with Gasteiger partial charge in [-0.05, 0) is 38.8 Å². The van der Waals surface area contributed by atoms with Crippen LogP contribution < -0.4 is 15.0 Å². The molecule has 23 heavy (non-hydrogen) atoms. The molecule has 5 heteroatoms. The van der Waals surface area contributed by atoms with Gasteiger partial charge in [0.05, 0.1) is 19.0 Å². The van der Waals surface area contributed by atoms with Gasteiger partial charge in [0.2, 0.25) is 0 Å². The molecular formula is C18H24N4O. The normalized spacial score (nSPS) is 19.2. The largest absolute Gasteiger partial charge is 0.494 e. The summed E-state index contributed by atoms with van der Waals surface area (Å²) < 4.78 is 7.85. The van der Waals surface area contributed by atoms with Crippen molar-refractivity contribution in [2.75, 3.05) is 31.6 Å². The summed E-state index contributed by atoms with van der Waals surface area (Å²) in [6, 6.07) is 6.28. The maximum absolute atomic E-state index is 5.69. The second kappa shape index (κ2) is 5.27. The average Bonchev–Trinajstić information content (AvgIpc) is 3.22. The first-order valence-electron chi connectivity index (χ1n) is 8.31. The summed E-state index contributed by atoms with van der Waals surface area (Å²) in [4.78, 5) is 7.13. The fraction of sp³-hybridized carbons (Fsp3) is 0.500. The first kappa shape index (κ1) is 14.6. The first-order valence-corrected chi connectivity index (χ1v) is 8.31. The van der Waals surface area contributed by atoms with Crippen molar-refractivity contribution >= 4 is 5.69 Å². The molecule has 1 saturated carbocycles. The Morgan fingerprint density at radius 3 is 2.61 bits per heavy atom. The van der Waals surface area contributed by atoms with Crippen LogP contribution in [0.1, 0.15) is 24.2 Å². The van der Waals surface area contributed by atoms with Gasteiger partial charge in [0.25, 0.3) is 0 Å². The Balaban J connectivity index is 1.69. The molecule has 1 N–H and O–H groups in total. The molecule has 3 heterocycles. The quantitative estimate of drug-likeness (QED) is 0.945. The number of piperazine rings is 1. The third-order valence-corrected chi connectivity index (χ3v) is 5.12. The molecule has 2 fully saturated rings. The van der Waals surface area contributed by atoms with E-state index < -0.39 is 0 Å². The SMILES string of the molecule is COc1cc(-n2c(C)ccc2C)ncc1N1CCNC2(CC2)C1. The Morgan fingerprint density at radius 1 is 1.22 bits per heavy atom. The summed E-state index contributed by atoms with van der Waals surface area (Å²) in [7, 11) is 1.74. The lowest BCUT2D eigenvalue weighted by atomic mass is 10.1. The van der Waals surface area contributed by atoms with Crippen LogP contribution in [0.15, 0.2) is 24.4 Å². The minimum absolute atomic E-state index is 0.343. The van der Waals surface area contributed by atoms with E-state index in [1.165, 1.54) is 24.2 Å². The highest BCUT2D eigenvalue weighted by molar-refractivity contribution is 5.60. The number of ether oxygens (including phenoxy) is 1. The van der Waals surface area contributed by atoms with Crippen LogP contribution in [-0.2, 0) is 0 Å². The Labute approximate surface area is 137 Å². The lowest BCUT2D eigenvalue weighted by molar-refractivity contribution is 0.403. The van der Waals surface area contributed by atoms with Gasteiger partial charge in [-0.2, -0.15) is 0 Å². The average molecular weight is 312 g/mol. The van der Waals surface area contributed by atoms with Gasteiger partial charge in [-0.1, -0.05) is 0 Å². The molecule has 0 radical (unpaired) electrons. The van der Waals surface area contributed by atoms with Crippen molar-refractivity contribution in [2.45, 2.75) is 32.2 Å². The van der Waals surface area contributed by atoms with Crippen molar-refractivity contribution < 1.29 is 4.74 Å². The zero-order valence-electron chi connectivity index (χ0n) is 14.1. The number of aryl methyl sites for hydroxylation is 2. The summed E-state index contributed by atoms with van der Waals surface area (Å²) in [5.41, 5.74) is 3.81. The molecule has 0 bridgehead atoms. The van der Waals surface area contributed by atoms with Crippen molar-refractivity contribution in [1.29, 1.82) is 0 Å². The van der Waals surface area contributed by atoms with Crippen molar-refractivity contribution in [3.8, 4) is 11.6 Å². The van der Waals surface area contributed by atoms with Crippen molar-refractivity contribution in [3.63, 3.8) is 0 Å². The van der Waals surface area contributed by atoms with Crippen LogP contribution in [0.3, 0.4) is 0 Å². The van der Waals surface area contributed by atoms with E-state index in [4.69, 9.17) is 9.72 Å². The van der Waals surface area contributed by atoms with E-state index in [1.807, 2.05) is 6.20 Å². The van der Waals surface area contributed by atoms with Crippen LogP contribution in [0.5, 0.6) is 5.75 Å². The Morgan fingerprint density at radius 2 is 1.96 bits per heavy atom. The van der Waals surface area contributed by atoms with Gasteiger partial charge in [-0.25, -0.2) is 4.98 Å². The number of anilines is 1. The van der Waals surface area contributed by atoms with Crippen LogP contribution in [0.4, 0.5) is 5.69 Å². The number of pyridine rings is 1. The van der Waals surface area contributed by atoms with E-state index in [-0.39, 0.29) is 0 Å². The standard InChI is InChI=1S/C18H24N4O/c1-13-4-5-14(2)22(13)17-10-16(23-3)15(11-19-17)21-9-8-20-18(12-21)6-7-18/h4-5,10-11,20H,6-9,12H2,1-3H3. The minimum Gasteiger partial charge on any atom is -0.494 e. The molecule has 0 atom stereocenters.